The molecule has 0 saturated carbocycles. The molecule has 0 aliphatic rings. The number of imidazole rings is 1. The lowest BCUT2D eigenvalue weighted by Gasteiger charge is -1.95. The van der Waals surface area contributed by atoms with Crippen molar-refractivity contribution in [3.05, 3.63) is 12.5 Å². The standard InChI is InChI=1S/C5H6N6.ClH/c6-10-5-4-3(1-9-11-5)7-2-8-4;/h1-2H,6H2,(H,7,8)(H,10,11);1H. The van der Waals surface area contributed by atoms with Crippen LogP contribution in [0.4, 0.5) is 5.82 Å². The maximum absolute atomic E-state index is 5.17. The first kappa shape index (κ1) is 8.69. The third-order valence-corrected chi connectivity index (χ3v) is 1.37. The van der Waals surface area contributed by atoms with Crippen LogP contribution < -0.4 is 11.3 Å². The molecule has 2 aromatic heterocycles. The Labute approximate surface area is 74.0 Å². The second-order valence-electron chi connectivity index (χ2n) is 2.00. The van der Waals surface area contributed by atoms with Gasteiger partial charge < -0.3 is 10.4 Å². The number of aromatic nitrogens is 4. The van der Waals surface area contributed by atoms with Crippen LogP contribution in [-0.4, -0.2) is 20.2 Å². The highest BCUT2D eigenvalue weighted by molar-refractivity contribution is 5.85. The molecule has 0 aromatic carbocycles. The van der Waals surface area contributed by atoms with Gasteiger partial charge in [0.15, 0.2) is 5.82 Å². The molecule has 0 unspecified atom stereocenters. The summed E-state index contributed by atoms with van der Waals surface area (Å²) in [6, 6.07) is 0. The number of nitrogens with zero attached hydrogens (tertiary/aromatic N) is 3. The van der Waals surface area contributed by atoms with E-state index in [1.165, 1.54) is 0 Å². The topological polar surface area (TPSA) is 92.5 Å². The molecule has 4 N–H and O–H groups in total. The van der Waals surface area contributed by atoms with Crippen LogP contribution >= 0.6 is 12.4 Å². The molecule has 0 saturated heterocycles. The van der Waals surface area contributed by atoms with Crippen LogP contribution in [-0.2, 0) is 0 Å². The number of rotatable bonds is 1. The van der Waals surface area contributed by atoms with Crippen molar-refractivity contribution in [3.8, 4) is 0 Å². The third kappa shape index (κ3) is 1.17. The summed E-state index contributed by atoms with van der Waals surface area (Å²) in [4.78, 5) is 6.87. The molecule has 0 aliphatic heterocycles. The molecule has 6 nitrogen and oxygen atoms in total. The molecule has 0 radical (unpaired) electrons. The number of fused-ring (bicyclic) bond motifs is 1. The number of H-pyrrole nitrogens is 1. The van der Waals surface area contributed by atoms with Gasteiger partial charge in [0.2, 0.25) is 0 Å². The molecule has 0 spiro atoms. The number of hydrazine groups is 1. The summed E-state index contributed by atoms with van der Waals surface area (Å²) < 4.78 is 0. The lowest BCUT2D eigenvalue weighted by molar-refractivity contribution is 1.03. The first-order chi connectivity index (χ1) is 5.42. The Morgan fingerprint density at radius 2 is 2.33 bits per heavy atom. The SMILES string of the molecule is Cl.NNc1nncc2[nH]cnc12. The van der Waals surface area contributed by atoms with Gasteiger partial charge in [-0.3, -0.25) is 0 Å². The van der Waals surface area contributed by atoms with Crippen LogP contribution in [0.1, 0.15) is 0 Å². The summed E-state index contributed by atoms with van der Waals surface area (Å²) >= 11 is 0. The number of nitrogens with one attached hydrogen (secondary N) is 2. The maximum Gasteiger partial charge on any atom is 0.190 e. The van der Waals surface area contributed by atoms with Gasteiger partial charge in [-0.1, -0.05) is 0 Å². The minimum atomic E-state index is 0. The first-order valence-electron chi connectivity index (χ1n) is 3.03. The second kappa shape index (κ2) is 3.33. The number of nitrogens with two attached hydrogens (primary N) is 1. The van der Waals surface area contributed by atoms with Crippen molar-refractivity contribution in [2.24, 2.45) is 5.84 Å². The number of hydrogen-bond donors (Lipinski definition) is 3. The smallest absolute Gasteiger partial charge is 0.190 e. The lowest BCUT2D eigenvalue weighted by atomic mass is 10.4. The second-order valence-corrected chi connectivity index (χ2v) is 2.00. The molecule has 0 atom stereocenters. The van der Waals surface area contributed by atoms with Crippen molar-refractivity contribution >= 4 is 29.3 Å². The van der Waals surface area contributed by atoms with Gasteiger partial charge in [-0.25, -0.2) is 10.8 Å². The monoisotopic (exact) mass is 186 g/mol. The summed E-state index contributed by atoms with van der Waals surface area (Å²) in [7, 11) is 0. The molecule has 2 aromatic rings. The Balaban J connectivity index is 0.000000720. The van der Waals surface area contributed by atoms with Crippen molar-refractivity contribution in [3.63, 3.8) is 0 Å². The number of anilines is 1. The molecule has 12 heavy (non-hydrogen) atoms. The van der Waals surface area contributed by atoms with Crippen molar-refractivity contribution in [2.75, 3.05) is 5.43 Å². The van der Waals surface area contributed by atoms with Gasteiger partial charge in [0.1, 0.15) is 5.52 Å². The average Bonchev–Trinajstić information content (AvgIpc) is 2.50. The zero-order valence-corrected chi connectivity index (χ0v) is 6.80. The van der Waals surface area contributed by atoms with Gasteiger partial charge in [-0.2, -0.15) is 5.10 Å². The van der Waals surface area contributed by atoms with Crippen LogP contribution in [0.2, 0.25) is 0 Å². The summed E-state index contributed by atoms with van der Waals surface area (Å²) in [5.41, 5.74) is 3.91. The highest BCUT2D eigenvalue weighted by atomic mass is 35.5. The molecule has 0 amide bonds. The summed E-state index contributed by atoms with van der Waals surface area (Å²) in [6.45, 7) is 0. The van der Waals surface area contributed by atoms with Gasteiger partial charge in [0, 0.05) is 0 Å². The highest BCUT2D eigenvalue weighted by Crippen LogP contribution is 2.12. The average molecular weight is 187 g/mol. The molecule has 7 heteroatoms. The van der Waals surface area contributed by atoms with E-state index >= 15 is 0 Å². The summed E-state index contributed by atoms with van der Waals surface area (Å²) in [5, 5.41) is 7.42. The Morgan fingerprint density at radius 1 is 1.50 bits per heavy atom. The van der Waals surface area contributed by atoms with Crippen LogP contribution in [0, 0.1) is 0 Å². The van der Waals surface area contributed by atoms with Crippen LogP contribution in [0.15, 0.2) is 12.5 Å². The van der Waals surface area contributed by atoms with Gasteiger partial charge in [-0.05, 0) is 0 Å². The van der Waals surface area contributed by atoms with E-state index in [2.05, 4.69) is 25.6 Å². The van der Waals surface area contributed by atoms with Gasteiger partial charge in [-0.15, -0.1) is 17.5 Å². The summed E-state index contributed by atoms with van der Waals surface area (Å²) in [6.07, 6.45) is 3.15. The Morgan fingerprint density at radius 3 is 3.08 bits per heavy atom. The minimum absolute atomic E-state index is 0. The number of aromatic amines is 1. The van der Waals surface area contributed by atoms with E-state index < -0.39 is 0 Å². The lowest BCUT2D eigenvalue weighted by Crippen LogP contribution is -2.09. The summed E-state index contributed by atoms with van der Waals surface area (Å²) in [5.74, 6) is 5.64. The van der Waals surface area contributed by atoms with E-state index in [-0.39, 0.29) is 12.4 Å². The van der Waals surface area contributed by atoms with E-state index in [9.17, 15) is 0 Å². The third-order valence-electron chi connectivity index (χ3n) is 1.37. The van der Waals surface area contributed by atoms with Crippen LogP contribution in [0.3, 0.4) is 0 Å². The largest absolute Gasteiger partial charge is 0.343 e. The fourth-order valence-electron chi connectivity index (χ4n) is 0.880. The fourth-order valence-corrected chi connectivity index (χ4v) is 0.880. The van der Waals surface area contributed by atoms with Crippen LogP contribution in [0.5, 0.6) is 0 Å². The van der Waals surface area contributed by atoms with Crippen molar-refractivity contribution < 1.29 is 0 Å². The number of hydrogen-bond acceptors (Lipinski definition) is 5. The molecule has 2 heterocycles. The predicted octanol–water partition coefficient (Wildman–Crippen LogP) is 0.0603. The Bertz CT molecular complexity index is 371. The normalized spacial score (nSPS) is 9.42. The maximum atomic E-state index is 5.17. The minimum Gasteiger partial charge on any atom is -0.343 e. The van der Waals surface area contributed by atoms with Crippen molar-refractivity contribution in [1.82, 2.24) is 20.2 Å². The quantitative estimate of drug-likeness (QED) is 0.433. The van der Waals surface area contributed by atoms with E-state index in [0.29, 0.717) is 11.3 Å². The van der Waals surface area contributed by atoms with E-state index in [1.807, 2.05) is 0 Å². The van der Waals surface area contributed by atoms with Crippen LogP contribution in [0.25, 0.3) is 11.0 Å². The molecule has 0 bridgehead atoms. The molecular weight excluding hydrogens is 180 g/mol. The number of halogens is 1. The zero-order chi connectivity index (χ0) is 7.68. The Kier molecular flexibility index (Phi) is 2.41. The fraction of sp³-hybridized carbons (Fsp3) is 0. The van der Waals surface area contributed by atoms with Gasteiger partial charge >= 0.3 is 0 Å². The molecule has 2 rings (SSSR count). The molecule has 0 fully saturated rings. The van der Waals surface area contributed by atoms with E-state index in [4.69, 9.17) is 5.84 Å². The van der Waals surface area contributed by atoms with Crippen molar-refractivity contribution in [1.29, 1.82) is 0 Å². The first-order valence-corrected chi connectivity index (χ1v) is 3.03. The van der Waals surface area contributed by atoms with Crippen molar-refractivity contribution in [2.45, 2.75) is 0 Å². The highest BCUT2D eigenvalue weighted by Gasteiger charge is 2.02. The molecular formula is C5H7ClN6. The van der Waals surface area contributed by atoms with E-state index in [1.54, 1.807) is 12.5 Å². The van der Waals surface area contributed by atoms with Gasteiger partial charge in [0.05, 0.1) is 18.0 Å². The predicted molar refractivity (Wildman–Crippen MR) is 46.7 cm³/mol. The number of nitrogen functional groups attached to an aromatic ring is 1. The molecule has 64 valence electrons. The Hall–Kier alpha value is -1.40. The van der Waals surface area contributed by atoms with Gasteiger partial charge in [0.25, 0.3) is 0 Å². The molecule has 0 aliphatic carbocycles. The van der Waals surface area contributed by atoms with E-state index in [0.717, 1.165) is 5.52 Å². The zero-order valence-electron chi connectivity index (χ0n) is 5.98.